The van der Waals surface area contributed by atoms with Crippen molar-refractivity contribution < 1.29 is 18.7 Å². The van der Waals surface area contributed by atoms with Crippen molar-refractivity contribution in [3.63, 3.8) is 0 Å². The van der Waals surface area contributed by atoms with Crippen LogP contribution in [-0.4, -0.2) is 38.7 Å². The molecule has 2 heterocycles. The van der Waals surface area contributed by atoms with Gasteiger partial charge in [-0.25, -0.2) is 4.39 Å². The number of hydrogen-bond acceptors (Lipinski definition) is 4. The van der Waals surface area contributed by atoms with Gasteiger partial charge in [-0.05, 0) is 43.2 Å². The van der Waals surface area contributed by atoms with Gasteiger partial charge in [0.05, 0.1) is 19.8 Å². The van der Waals surface area contributed by atoms with Crippen LogP contribution in [0.2, 0.25) is 0 Å². The predicted octanol–water partition coefficient (Wildman–Crippen LogP) is 4.01. The molecule has 1 atom stereocenters. The zero-order valence-electron chi connectivity index (χ0n) is 15.3. The number of hydrogen-bond donors (Lipinski definition) is 0. The lowest BCUT2D eigenvalue weighted by Crippen LogP contribution is -2.37. The molecule has 2 aliphatic rings. The highest BCUT2D eigenvalue weighted by atomic mass is 19.1. The third kappa shape index (κ3) is 4.04. The Labute approximate surface area is 158 Å². The molecule has 5 heteroatoms. The summed E-state index contributed by atoms with van der Waals surface area (Å²) in [4.78, 5) is 15.0. The van der Waals surface area contributed by atoms with Crippen LogP contribution in [0, 0.1) is 11.7 Å². The van der Waals surface area contributed by atoms with Crippen molar-refractivity contribution in [3.05, 3.63) is 65.5 Å². The van der Waals surface area contributed by atoms with E-state index in [1.807, 2.05) is 12.1 Å². The summed E-state index contributed by atoms with van der Waals surface area (Å²) in [5.74, 6) is -0.202. The number of ether oxygens (including phenoxy) is 2. The lowest BCUT2D eigenvalue weighted by atomic mass is 9.88. The van der Waals surface area contributed by atoms with E-state index >= 15 is 0 Å². The van der Waals surface area contributed by atoms with Crippen LogP contribution in [0.4, 0.5) is 10.1 Å². The number of anilines is 1. The largest absolute Gasteiger partial charge is 0.376 e. The van der Waals surface area contributed by atoms with Crippen molar-refractivity contribution in [2.24, 2.45) is 5.92 Å². The van der Waals surface area contributed by atoms with E-state index in [2.05, 4.69) is 17.0 Å². The van der Waals surface area contributed by atoms with Gasteiger partial charge in [-0.15, -0.1) is 0 Å². The van der Waals surface area contributed by atoms with Crippen molar-refractivity contribution >= 4 is 11.5 Å². The van der Waals surface area contributed by atoms with Crippen LogP contribution in [0.15, 0.2) is 48.5 Å². The van der Waals surface area contributed by atoms with Gasteiger partial charge in [0.25, 0.3) is 0 Å². The first-order valence-corrected chi connectivity index (χ1v) is 9.55. The van der Waals surface area contributed by atoms with Crippen LogP contribution in [0.1, 0.15) is 34.9 Å². The van der Waals surface area contributed by atoms with Crippen molar-refractivity contribution in [2.45, 2.75) is 18.9 Å². The summed E-state index contributed by atoms with van der Waals surface area (Å²) in [6.45, 7) is 3.49. The SMILES string of the molecule is O=C(c1ccc(F)cc1)C1CCN(c2ccccc2C2COCCO2)CC1. The summed E-state index contributed by atoms with van der Waals surface area (Å²) in [6, 6.07) is 14.2. The molecular weight excluding hydrogens is 345 g/mol. The van der Waals surface area contributed by atoms with Gasteiger partial charge in [0.1, 0.15) is 11.9 Å². The van der Waals surface area contributed by atoms with Crippen LogP contribution in [-0.2, 0) is 9.47 Å². The molecule has 4 rings (SSSR count). The molecule has 0 N–H and O–H groups in total. The number of para-hydroxylation sites is 1. The number of nitrogens with zero attached hydrogens (tertiary/aromatic N) is 1. The highest BCUT2D eigenvalue weighted by molar-refractivity contribution is 5.98. The van der Waals surface area contributed by atoms with Gasteiger partial charge in [-0.1, -0.05) is 18.2 Å². The number of carbonyl (C=O) groups excluding carboxylic acids is 1. The second-order valence-electron chi connectivity index (χ2n) is 7.13. The molecule has 2 aromatic carbocycles. The lowest BCUT2D eigenvalue weighted by molar-refractivity contribution is -0.0899. The minimum absolute atomic E-state index is 0.00635. The molecule has 0 saturated carbocycles. The molecule has 142 valence electrons. The number of carbonyl (C=O) groups is 1. The maximum absolute atomic E-state index is 13.1. The monoisotopic (exact) mass is 369 g/mol. The number of Topliss-reactive ketones (excluding diaryl/α,β-unsaturated/α-hetero) is 1. The summed E-state index contributed by atoms with van der Waals surface area (Å²) in [5, 5.41) is 0. The molecular formula is C22H24FNO3. The summed E-state index contributed by atoms with van der Waals surface area (Å²) in [6.07, 6.45) is 1.56. The van der Waals surface area contributed by atoms with E-state index in [4.69, 9.17) is 9.47 Å². The summed E-state index contributed by atoms with van der Waals surface area (Å²) >= 11 is 0. The highest BCUT2D eigenvalue weighted by Gasteiger charge is 2.28. The Morgan fingerprint density at radius 1 is 1.00 bits per heavy atom. The van der Waals surface area contributed by atoms with Crippen LogP contribution < -0.4 is 4.90 Å². The van der Waals surface area contributed by atoms with Crippen molar-refractivity contribution in [3.8, 4) is 0 Å². The number of piperidine rings is 1. The second kappa shape index (κ2) is 8.19. The van der Waals surface area contributed by atoms with Gasteiger partial charge in [-0.2, -0.15) is 0 Å². The highest BCUT2D eigenvalue weighted by Crippen LogP contribution is 2.33. The van der Waals surface area contributed by atoms with Gasteiger partial charge in [-0.3, -0.25) is 4.79 Å². The van der Waals surface area contributed by atoms with Crippen molar-refractivity contribution in [1.82, 2.24) is 0 Å². The van der Waals surface area contributed by atoms with Crippen molar-refractivity contribution in [1.29, 1.82) is 0 Å². The summed E-state index contributed by atoms with van der Waals surface area (Å²) in [5.41, 5.74) is 2.92. The Balaban J connectivity index is 1.43. The Hall–Kier alpha value is -2.24. The van der Waals surface area contributed by atoms with Gasteiger partial charge < -0.3 is 14.4 Å². The molecule has 1 unspecified atom stereocenters. The molecule has 2 fully saturated rings. The van der Waals surface area contributed by atoms with E-state index < -0.39 is 0 Å². The van der Waals surface area contributed by atoms with Gasteiger partial charge in [0, 0.05) is 35.8 Å². The molecule has 2 saturated heterocycles. The third-order valence-electron chi connectivity index (χ3n) is 5.43. The van der Waals surface area contributed by atoms with Crippen LogP contribution in [0.3, 0.4) is 0 Å². The fourth-order valence-electron chi connectivity index (χ4n) is 3.95. The summed E-state index contributed by atoms with van der Waals surface area (Å²) < 4.78 is 24.5. The third-order valence-corrected chi connectivity index (χ3v) is 5.43. The van der Waals surface area contributed by atoms with E-state index in [1.165, 1.54) is 17.8 Å². The number of benzene rings is 2. The molecule has 0 radical (unpaired) electrons. The standard InChI is InChI=1S/C22H24FNO3/c23-18-7-5-16(6-8-18)22(25)17-9-11-24(12-10-17)20-4-2-1-3-19(20)21-15-26-13-14-27-21/h1-8,17,21H,9-15H2. The first-order valence-electron chi connectivity index (χ1n) is 9.55. The Kier molecular flexibility index (Phi) is 5.50. The Morgan fingerprint density at radius 2 is 1.74 bits per heavy atom. The Morgan fingerprint density at radius 3 is 2.44 bits per heavy atom. The second-order valence-corrected chi connectivity index (χ2v) is 7.13. The molecule has 4 nitrogen and oxygen atoms in total. The lowest BCUT2D eigenvalue weighted by Gasteiger charge is -2.36. The van der Waals surface area contributed by atoms with E-state index in [1.54, 1.807) is 12.1 Å². The van der Waals surface area contributed by atoms with E-state index in [0.29, 0.717) is 25.4 Å². The van der Waals surface area contributed by atoms with Crippen LogP contribution in [0.5, 0.6) is 0 Å². The van der Waals surface area contributed by atoms with Gasteiger partial charge >= 0.3 is 0 Å². The fourth-order valence-corrected chi connectivity index (χ4v) is 3.95. The maximum atomic E-state index is 13.1. The number of ketones is 1. The van der Waals surface area contributed by atoms with E-state index in [0.717, 1.165) is 31.5 Å². The van der Waals surface area contributed by atoms with E-state index in [9.17, 15) is 9.18 Å². The number of halogens is 1. The normalized spacial score (nSPS) is 21.2. The molecule has 0 aromatic heterocycles. The fraction of sp³-hybridized carbons (Fsp3) is 0.409. The molecule has 0 spiro atoms. The number of rotatable bonds is 4. The smallest absolute Gasteiger partial charge is 0.166 e. The zero-order valence-corrected chi connectivity index (χ0v) is 15.3. The minimum Gasteiger partial charge on any atom is -0.376 e. The first kappa shape index (κ1) is 18.1. The topological polar surface area (TPSA) is 38.8 Å². The molecule has 0 bridgehead atoms. The first-order chi connectivity index (χ1) is 13.2. The molecule has 2 aliphatic heterocycles. The quantitative estimate of drug-likeness (QED) is 0.764. The van der Waals surface area contributed by atoms with Gasteiger partial charge in [0.15, 0.2) is 5.78 Å². The average molecular weight is 369 g/mol. The average Bonchev–Trinajstić information content (AvgIpc) is 2.74. The Bertz CT molecular complexity index is 778. The molecule has 2 aromatic rings. The van der Waals surface area contributed by atoms with Gasteiger partial charge in [0.2, 0.25) is 0 Å². The van der Waals surface area contributed by atoms with Crippen LogP contribution >= 0.6 is 0 Å². The molecule has 27 heavy (non-hydrogen) atoms. The van der Waals surface area contributed by atoms with Crippen molar-refractivity contribution in [2.75, 3.05) is 37.8 Å². The summed E-state index contributed by atoms with van der Waals surface area (Å²) in [7, 11) is 0. The molecule has 0 aliphatic carbocycles. The maximum Gasteiger partial charge on any atom is 0.166 e. The van der Waals surface area contributed by atoms with E-state index in [-0.39, 0.29) is 23.6 Å². The zero-order chi connectivity index (χ0) is 18.6. The predicted molar refractivity (Wildman–Crippen MR) is 102 cm³/mol. The molecule has 0 amide bonds. The van der Waals surface area contributed by atoms with Crippen LogP contribution in [0.25, 0.3) is 0 Å². The minimum atomic E-state index is -0.313.